The Morgan fingerprint density at radius 2 is 2.12 bits per heavy atom. The fourth-order valence-electron chi connectivity index (χ4n) is 3.53. The third-order valence-corrected chi connectivity index (χ3v) is 4.96. The molecule has 0 amide bonds. The van der Waals surface area contributed by atoms with Crippen LogP contribution in [-0.4, -0.2) is 63.7 Å². The maximum absolute atomic E-state index is 9.42. The Morgan fingerprint density at radius 3 is 2.88 bits per heavy atom. The highest BCUT2D eigenvalue weighted by Crippen LogP contribution is 2.18. The molecule has 0 aliphatic carbocycles. The van der Waals surface area contributed by atoms with Gasteiger partial charge in [-0.15, -0.1) is 0 Å². The molecule has 1 aliphatic rings. The van der Waals surface area contributed by atoms with Crippen LogP contribution < -0.4 is 0 Å². The Kier molecular flexibility index (Phi) is 5.87. The van der Waals surface area contributed by atoms with E-state index >= 15 is 0 Å². The molecule has 3 rings (SSSR count). The average Bonchev–Trinajstić information content (AvgIpc) is 2.96. The van der Waals surface area contributed by atoms with Crippen molar-refractivity contribution in [3.63, 3.8) is 0 Å². The molecule has 1 aromatic heterocycles. The fraction of sp³-hybridized carbons (Fsp3) is 0.632. The molecule has 0 spiro atoms. The standard InChI is InChI=1S/C19H30N4O/c1-15(2)7-9-23-11-10-22(13-16(23)8-12-24)14-19-20-17-5-3-4-6-18(17)21-19/h3-6,15-16,24H,7-14H2,1-2H3,(H,20,21)/t16-/m0/s1. The number of nitrogens with zero attached hydrogens (tertiary/aromatic N) is 3. The van der Waals surface area contributed by atoms with Crippen LogP contribution in [0, 0.1) is 5.92 Å². The predicted molar refractivity (Wildman–Crippen MR) is 97.9 cm³/mol. The molecule has 2 heterocycles. The topological polar surface area (TPSA) is 55.4 Å². The van der Waals surface area contributed by atoms with E-state index in [-0.39, 0.29) is 6.61 Å². The molecule has 1 aromatic carbocycles. The van der Waals surface area contributed by atoms with Crippen molar-refractivity contribution in [1.82, 2.24) is 19.8 Å². The van der Waals surface area contributed by atoms with Crippen molar-refractivity contribution in [2.24, 2.45) is 5.92 Å². The molecule has 0 unspecified atom stereocenters. The molecule has 0 saturated carbocycles. The molecule has 2 N–H and O–H groups in total. The van der Waals surface area contributed by atoms with Crippen LogP contribution in [0.4, 0.5) is 0 Å². The molecule has 2 aromatic rings. The maximum atomic E-state index is 9.42. The number of para-hydroxylation sites is 2. The van der Waals surface area contributed by atoms with E-state index in [2.05, 4.69) is 34.7 Å². The summed E-state index contributed by atoms with van der Waals surface area (Å²) in [5.74, 6) is 1.77. The van der Waals surface area contributed by atoms with Crippen molar-refractivity contribution in [3.8, 4) is 0 Å². The summed E-state index contributed by atoms with van der Waals surface area (Å²) >= 11 is 0. The minimum atomic E-state index is 0.265. The van der Waals surface area contributed by atoms with E-state index in [0.29, 0.717) is 6.04 Å². The van der Waals surface area contributed by atoms with E-state index in [1.807, 2.05) is 18.2 Å². The van der Waals surface area contributed by atoms with Gasteiger partial charge in [-0.25, -0.2) is 4.98 Å². The lowest BCUT2D eigenvalue weighted by Gasteiger charge is -2.41. The SMILES string of the molecule is CC(C)CCN1CCN(Cc2nc3ccccc3[nH]2)C[C@@H]1CCO. The highest BCUT2D eigenvalue weighted by molar-refractivity contribution is 5.74. The van der Waals surface area contributed by atoms with Crippen molar-refractivity contribution >= 4 is 11.0 Å². The number of rotatable bonds is 7. The summed E-state index contributed by atoms with van der Waals surface area (Å²) in [6, 6.07) is 8.64. The molecular formula is C19H30N4O. The van der Waals surface area contributed by atoms with Gasteiger partial charge in [0.05, 0.1) is 17.6 Å². The number of benzene rings is 1. The molecule has 0 radical (unpaired) electrons. The van der Waals surface area contributed by atoms with Crippen molar-refractivity contribution in [2.75, 3.05) is 32.8 Å². The van der Waals surface area contributed by atoms with Crippen LogP contribution in [0.2, 0.25) is 0 Å². The normalized spacial score (nSPS) is 20.2. The van der Waals surface area contributed by atoms with Crippen molar-refractivity contribution in [3.05, 3.63) is 30.1 Å². The van der Waals surface area contributed by atoms with E-state index in [1.54, 1.807) is 0 Å². The Bertz CT molecular complexity index is 606. The van der Waals surface area contributed by atoms with E-state index in [4.69, 9.17) is 4.98 Å². The van der Waals surface area contributed by atoms with Crippen LogP contribution in [0.5, 0.6) is 0 Å². The van der Waals surface area contributed by atoms with Gasteiger partial charge in [0, 0.05) is 32.3 Å². The number of nitrogens with one attached hydrogen (secondary N) is 1. The van der Waals surface area contributed by atoms with Gasteiger partial charge in [0.1, 0.15) is 5.82 Å². The lowest BCUT2D eigenvalue weighted by molar-refractivity contribution is 0.0513. The number of aliphatic hydroxyl groups is 1. The number of H-pyrrole nitrogens is 1. The highest BCUT2D eigenvalue weighted by atomic mass is 16.3. The molecule has 1 saturated heterocycles. The van der Waals surface area contributed by atoms with Gasteiger partial charge in [-0.2, -0.15) is 0 Å². The highest BCUT2D eigenvalue weighted by Gasteiger charge is 2.26. The fourth-order valence-corrected chi connectivity index (χ4v) is 3.53. The van der Waals surface area contributed by atoms with Crippen LogP contribution in [0.1, 0.15) is 32.5 Å². The van der Waals surface area contributed by atoms with Crippen molar-refractivity contribution in [2.45, 2.75) is 39.3 Å². The summed E-state index contributed by atoms with van der Waals surface area (Å²) in [6.45, 7) is 9.97. The van der Waals surface area contributed by atoms with Crippen molar-refractivity contribution in [1.29, 1.82) is 0 Å². The Balaban J connectivity index is 1.61. The average molecular weight is 330 g/mol. The first-order valence-electron chi connectivity index (χ1n) is 9.16. The number of aliphatic hydroxyl groups excluding tert-OH is 1. The number of aromatic amines is 1. The van der Waals surface area contributed by atoms with Gasteiger partial charge in [0.2, 0.25) is 0 Å². The molecule has 5 heteroatoms. The molecule has 1 aliphatic heterocycles. The smallest absolute Gasteiger partial charge is 0.121 e. The van der Waals surface area contributed by atoms with Gasteiger partial charge in [0.15, 0.2) is 0 Å². The van der Waals surface area contributed by atoms with Gasteiger partial charge >= 0.3 is 0 Å². The molecular weight excluding hydrogens is 300 g/mol. The second kappa shape index (κ2) is 8.10. The van der Waals surface area contributed by atoms with Gasteiger partial charge in [-0.3, -0.25) is 9.80 Å². The first-order valence-corrected chi connectivity index (χ1v) is 9.16. The summed E-state index contributed by atoms with van der Waals surface area (Å²) in [7, 11) is 0. The van der Waals surface area contributed by atoms with Crippen LogP contribution in [0.25, 0.3) is 11.0 Å². The maximum Gasteiger partial charge on any atom is 0.121 e. The van der Waals surface area contributed by atoms with Crippen LogP contribution in [-0.2, 0) is 6.54 Å². The number of fused-ring (bicyclic) bond motifs is 1. The van der Waals surface area contributed by atoms with Gasteiger partial charge in [-0.05, 0) is 37.4 Å². The largest absolute Gasteiger partial charge is 0.396 e. The van der Waals surface area contributed by atoms with E-state index in [9.17, 15) is 5.11 Å². The summed E-state index contributed by atoms with van der Waals surface area (Å²) < 4.78 is 0. The summed E-state index contributed by atoms with van der Waals surface area (Å²) in [5.41, 5.74) is 2.14. The molecule has 1 fully saturated rings. The van der Waals surface area contributed by atoms with Crippen molar-refractivity contribution < 1.29 is 5.11 Å². The lowest BCUT2D eigenvalue weighted by atomic mass is 10.1. The van der Waals surface area contributed by atoms with Crippen LogP contribution in [0.3, 0.4) is 0 Å². The monoisotopic (exact) mass is 330 g/mol. The molecule has 0 bridgehead atoms. The number of aromatic nitrogens is 2. The molecule has 5 nitrogen and oxygen atoms in total. The number of imidazole rings is 1. The summed E-state index contributed by atoms with van der Waals surface area (Å²) in [6.07, 6.45) is 2.08. The minimum absolute atomic E-state index is 0.265. The second-order valence-corrected chi connectivity index (χ2v) is 7.32. The summed E-state index contributed by atoms with van der Waals surface area (Å²) in [4.78, 5) is 13.1. The molecule has 1 atom stereocenters. The zero-order valence-electron chi connectivity index (χ0n) is 14.9. The van der Waals surface area contributed by atoms with Crippen LogP contribution in [0.15, 0.2) is 24.3 Å². The van der Waals surface area contributed by atoms with E-state index in [0.717, 1.165) is 61.9 Å². The lowest BCUT2D eigenvalue weighted by Crippen LogP contribution is -2.53. The van der Waals surface area contributed by atoms with E-state index in [1.165, 1.54) is 6.42 Å². The third kappa shape index (κ3) is 4.35. The van der Waals surface area contributed by atoms with Crippen LogP contribution >= 0.6 is 0 Å². The zero-order valence-corrected chi connectivity index (χ0v) is 14.9. The Morgan fingerprint density at radius 1 is 1.29 bits per heavy atom. The first-order chi connectivity index (χ1) is 11.7. The van der Waals surface area contributed by atoms with Gasteiger partial charge < -0.3 is 10.1 Å². The molecule has 132 valence electrons. The number of hydrogen-bond donors (Lipinski definition) is 2. The Hall–Kier alpha value is -1.43. The summed E-state index contributed by atoms with van der Waals surface area (Å²) in [5, 5.41) is 9.42. The zero-order chi connectivity index (χ0) is 16.9. The number of piperazine rings is 1. The van der Waals surface area contributed by atoms with E-state index < -0.39 is 0 Å². The first kappa shape index (κ1) is 17.4. The van der Waals surface area contributed by atoms with Gasteiger partial charge in [-0.1, -0.05) is 26.0 Å². The van der Waals surface area contributed by atoms with Gasteiger partial charge in [0.25, 0.3) is 0 Å². The quantitative estimate of drug-likeness (QED) is 0.819. The number of hydrogen-bond acceptors (Lipinski definition) is 4. The third-order valence-electron chi connectivity index (χ3n) is 4.96. The molecule has 24 heavy (non-hydrogen) atoms. The minimum Gasteiger partial charge on any atom is -0.396 e. The Labute approximate surface area is 144 Å². The second-order valence-electron chi connectivity index (χ2n) is 7.32. The predicted octanol–water partition coefficient (Wildman–Crippen LogP) is 2.48.